The zero-order valence-electron chi connectivity index (χ0n) is 18.9. The van der Waals surface area contributed by atoms with E-state index in [2.05, 4.69) is 39.8 Å². The van der Waals surface area contributed by atoms with Crippen molar-refractivity contribution in [1.82, 2.24) is 15.1 Å². The minimum absolute atomic E-state index is 0.141. The monoisotopic (exact) mass is 467 g/mol. The van der Waals surface area contributed by atoms with Gasteiger partial charge in [0.15, 0.2) is 0 Å². The number of fused-ring (bicyclic) bond motifs is 3. The van der Waals surface area contributed by atoms with E-state index in [9.17, 15) is 4.79 Å². The van der Waals surface area contributed by atoms with E-state index in [1.807, 2.05) is 47.5 Å². The summed E-state index contributed by atoms with van der Waals surface area (Å²) in [5, 5.41) is 18.7. The summed E-state index contributed by atoms with van der Waals surface area (Å²) in [7, 11) is 1.87. The van der Waals surface area contributed by atoms with Crippen LogP contribution in [0.5, 0.6) is 0 Å². The number of aromatic amines is 1. The Balaban J connectivity index is 1.27. The third kappa shape index (κ3) is 3.35. The molecule has 0 spiro atoms. The number of nitrogens with zero attached hydrogens (tertiary/aromatic N) is 2. The highest BCUT2D eigenvalue weighted by molar-refractivity contribution is 7.16. The van der Waals surface area contributed by atoms with E-state index in [-0.39, 0.29) is 5.91 Å². The summed E-state index contributed by atoms with van der Waals surface area (Å²) >= 11 is 1.81. The number of amides is 1. The molecule has 0 radical (unpaired) electrons. The Morgan fingerprint density at radius 3 is 2.62 bits per heavy atom. The molecule has 0 saturated carbocycles. The van der Waals surface area contributed by atoms with Crippen molar-refractivity contribution in [3.8, 4) is 33.0 Å². The first-order valence-electron chi connectivity index (χ1n) is 11.6. The number of carbonyl (C=O) groups is 1. The van der Waals surface area contributed by atoms with E-state index in [0.29, 0.717) is 0 Å². The van der Waals surface area contributed by atoms with Crippen molar-refractivity contribution in [2.75, 3.05) is 25.5 Å². The third-order valence-electron chi connectivity index (χ3n) is 6.84. The van der Waals surface area contributed by atoms with Crippen LogP contribution in [-0.2, 0) is 6.42 Å². The molecule has 170 valence electrons. The van der Waals surface area contributed by atoms with Crippen molar-refractivity contribution in [1.29, 1.82) is 5.41 Å². The molecule has 3 N–H and O–H groups in total. The summed E-state index contributed by atoms with van der Waals surface area (Å²) in [6.45, 7) is 1.74. The van der Waals surface area contributed by atoms with Gasteiger partial charge in [-0.3, -0.25) is 9.89 Å². The largest absolute Gasteiger partial charge is 0.388 e. The van der Waals surface area contributed by atoms with Gasteiger partial charge in [-0.05, 0) is 42.7 Å². The quantitative estimate of drug-likeness (QED) is 0.292. The molecule has 0 bridgehead atoms. The van der Waals surface area contributed by atoms with Crippen LogP contribution in [0.4, 0.5) is 5.69 Å². The van der Waals surface area contributed by atoms with Crippen molar-refractivity contribution >= 4 is 29.1 Å². The Labute approximate surface area is 202 Å². The number of carbonyl (C=O) groups excluding carboxylic acids is 1. The van der Waals surface area contributed by atoms with E-state index in [1.165, 1.54) is 27.1 Å². The number of H-pyrrole nitrogens is 1. The second-order valence-electron chi connectivity index (χ2n) is 8.82. The van der Waals surface area contributed by atoms with Crippen LogP contribution in [0.2, 0.25) is 0 Å². The molecule has 2 aromatic carbocycles. The first-order chi connectivity index (χ1) is 16.7. The number of nitrogens with one attached hydrogen (secondary N) is 3. The fraction of sp³-hybridized carbons (Fsp3) is 0.222. The van der Waals surface area contributed by atoms with Gasteiger partial charge in [-0.1, -0.05) is 24.3 Å². The second-order valence-corrected chi connectivity index (χ2v) is 9.96. The van der Waals surface area contributed by atoms with Gasteiger partial charge in [-0.2, -0.15) is 5.10 Å². The number of rotatable bonds is 5. The first-order valence-corrected chi connectivity index (χ1v) is 12.4. The number of hydrogen-bond donors (Lipinski definition) is 3. The van der Waals surface area contributed by atoms with E-state index in [4.69, 9.17) is 5.41 Å². The lowest BCUT2D eigenvalue weighted by Gasteiger charge is -2.15. The predicted octanol–water partition coefficient (Wildman–Crippen LogP) is 5.65. The Hall–Kier alpha value is -3.71. The molecule has 2 aliphatic rings. The molecule has 3 heterocycles. The lowest BCUT2D eigenvalue weighted by molar-refractivity contribution is 0.0793. The van der Waals surface area contributed by atoms with Gasteiger partial charge in [0.2, 0.25) is 0 Å². The smallest absolute Gasteiger partial charge is 0.253 e. The molecule has 1 amide bonds. The van der Waals surface area contributed by atoms with Crippen molar-refractivity contribution < 1.29 is 4.79 Å². The Morgan fingerprint density at radius 1 is 1.12 bits per heavy atom. The van der Waals surface area contributed by atoms with Gasteiger partial charge in [-0.25, -0.2) is 0 Å². The number of aromatic nitrogens is 2. The predicted molar refractivity (Wildman–Crippen MR) is 138 cm³/mol. The molecule has 2 aromatic heterocycles. The molecule has 1 saturated heterocycles. The molecule has 6 rings (SSSR count). The van der Waals surface area contributed by atoms with Gasteiger partial charge in [0.1, 0.15) is 0 Å². The van der Waals surface area contributed by atoms with Crippen LogP contribution in [0.1, 0.15) is 39.2 Å². The SMILES string of the molecule is CNc1cc(-c2n[nH]c3c2Cc2sc(-c4ccc(C(=O)N5CCCC5)cc4)cc2-3)ccc1C=N. The van der Waals surface area contributed by atoms with Crippen molar-refractivity contribution in [2.24, 2.45) is 0 Å². The average Bonchev–Trinajstić information content (AvgIpc) is 3.66. The Morgan fingerprint density at radius 2 is 1.88 bits per heavy atom. The number of thiophene rings is 1. The molecular formula is C27H25N5OS. The zero-order chi connectivity index (χ0) is 23.2. The minimum Gasteiger partial charge on any atom is -0.388 e. The summed E-state index contributed by atoms with van der Waals surface area (Å²) in [6, 6.07) is 16.3. The molecular weight excluding hydrogens is 442 g/mol. The highest BCUT2D eigenvalue weighted by Crippen LogP contribution is 2.46. The van der Waals surface area contributed by atoms with Gasteiger partial charge in [-0.15, -0.1) is 11.3 Å². The van der Waals surface area contributed by atoms with Crippen molar-refractivity contribution in [3.05, 3.63) is 70.1 Å². The van der Waals surface area contributed by atoms with Crippen LogP contribution in [0, 0.1) is 5.41 Å². The third-order valence-corrected chi connectivity index (χ3v) is 8.03. The van der Waals surface area contributed by atoms with Crippen LogP contribution >= 0.6 is 11.3 Å². The number of hydrogen-bond acceptors (Lipinski definition) is 5. The van der Waals surface area contributed by atoms with Crippen molar-refractivity contribution in [2.45, 2.75) is 19.3 Å². The van der Waals surface area contributed by atoms with E-state index >= 15 is 0 Å². The lowest BCUT2D eigenvalue weighted by Crippen LogP contribution is -2.27. The van der Waals surface area contributed by atoms with E-state index < -0.39 is 0 Å². The summed E-state index contributed by atoms with van der Waals surface area (Å²) in [5.74, 6) is 0.141. The highest BCUT2D eigenvalue weighted by atomic mass is 32.1. The molecule has 1 aliphatic carbocycles. The van der Waals surface area contributed by atoms with Crippen LogP contribution in [-0.4, -0.2) is 47.4 Å². The highest BCUT2D eigenvalue weighted by Gasteiger charge is 2.28. The van der Waals surface area contributed by atoms with E-state index in [1.54, 1.807) is 0 Å². The molecule has 1 aliphatic heterocycles. The molecule has 0 unspecified atom stereocenters. The Kier molecular flexibility index (Phi) is 5.07. The van der Waals surface area contributed by atoms with E-state index in [0.717, 1.165) is 71.7 Å². The van der Waals surface area contributed by atoms with Crippen LogP contribution < -0.4 is 5.32 Å². The standard InChI is InChI=1S/C27H25N5OS/c1-29-22-12-18(8-9-19(22)15-28)25-21-14-24-20(26(21)31-30-25)13-23(34-24)16-4-6-17(7-5-16)27(33)32-10-2-3-11-32/h4-9,12-13,15,28-29H,2-3,10-11,14H2,1H3,(H,30,31). The summed E-state index contributed by atoms with van der Waals surface area (Å²) < 4.78 is 0. The zero-order valence-corrected chi connectivity index (χ0v) is 19.8. The number of likely N-dealkylation sites (tertiary alicyclic amines) is 1. The maximum Gasteiger partial charge on any atom is 0.253 e. The minimum atomic E-state index is 0.141. The number of benzene rings is 2. The first kappa shape index (κ1) is 20.9. The van der Waals surface area contributed by atoms with Crippen LogP contribution in [0.25, 0.3) is 33.0 Å². The Bertz CT molecular complexity index is 1410. The van der Waals surface area contributed by atoms with Gasteiger partial charge in [0, 0.05) is 76.0 Å². The molecule has 6 nitrogen and oxygen atoms in total. The van der Waals surface area contributed by atoms with Gasteiger partial charge in [0.05, 0.1) is 11.4 Å². The van der Waals surface area contributed by atoms with Crippen LogP contribution in [0.3, 0.4) is 0 Å². The molecule has 7 heteroatoms. The number of anilines is 1. The second kappa shape index (κ2) is 8.25. The fourth-order valence-electron chi connectivity index (χ4n) is 5.00. The van der Waals surface area contributed by atoms with Gasteiger partial charge in [0.25, 0.3) is 5.91 Å². The molecule has 0 atom stereocenters. The molecule has 34 heavy (non-hydrogen) atoms. The fourth-order valence-corrected chi connectivity index (χ4v) is 6.18. The summed E-state index contributed by atoms with van der Waals surface area (Å²) in [5.41, 5.74) is 9.24. The van der Waals surface area contributed by atoms with Crippen molar-refractivity contribution in [3.63, 3.8) is 0 Å². The van der Waals surface area contributed by atoms with Crippen LogP contribution in [0.15, 0.2) is 48.5 Å². The molecule has 1 fully saturated rings. The van der Waals surface area contributed by atoms with Gasteiger partial charge >= 0.3 is 0 Å². The van der Waals surface area contributed by atoms with Gasteiger partial charge < -0.3 is 15.6 Å². The molecule has 4 aromatic rings. The maximum absolute atomic E-state index is 12.6. The lowest BCUT2D eigenvalue weighted by atomic mass is 10.0. The normalized spacial score (nSPS) is 14.2. The topological polar surface area (TPSA) is 84.9 Å². The maximum atomic E-state index is 12.6. The summed E-state index contributed by atoms with van der Waals surface area (Å²) in [4.78, 5) is 17.1. The average molecular weight is 468 g/mol. The summed E-state index contributed by atoms with van der Waals surface area (Å²) in [6.07, 6.45) is 4.42.